The molecule has 0 bridgehead atoms. The quantitative estimate of drug-likeness (QED) is 0.531. The Morgan fingerprint density at radius 2 is 1.76 bits per heavy atom. The molecule has 8 heteroatoms. The van der Waals surface area contributed by atoms with E-state index >= 15 is 0 Å². The Kier molecular flexibility index (Phi) is 14.2. The minimum Gasteiger partial charge on any atom is -0.480 e. The molecular weight excluding hydrogens is 352 g/mol. The zero-order valence-electron chi connectivity index (χ0n) is 9.16. The fourth-order valence-electron chi connectivity index (χ4n) is 0.896. The first-order chi connectivity index (χ1) is 6.61. The number of carboxylic acid groups (broad SMARTS) is 1. The van der Waals surface area contributed by atoms with Crippen molar-refractivity contribution in [3.8, 4) is 0 Å². The second-order valence-electron chi connectivity index (χ2n) is 2.56. The third-order valence-corrected chi connectivity index (χ3v) is 2.46. The minimum atomic E-state index is -1.05. The average Bonchev–Trinajstić information content (AvgIpc) is 2.15. The normalized spacial score (nSPS) is 7.82. The van der Waals surface area contributed by atoms with E-state index in [-0.39, 0.29) is 53.0 Å². The molecule has 91 valence electrons. The van der Waals surface area contributed by atoms with Gasteiger partial charge in [0.25, 0.3) is 5.91 Å². The molecular formula is C9H12INNaO5. The maximum absolute atomic E-state index is 11.4. The van der Waals surface area contributed by atoms with Gasteiger partial charge >= 0.3 is 5.97 Å². The zero-order valence-corrected chi connectivity index (χ0v) is 13.3. The van der Waals surface area contributed by atoms with Crippen molar-refractivity contribution in [3.05, 3.63) is 33.4 Å². The first-order valence-electron chi connectivity index (χ1n) is 3.86. The van der Waals surface area contributed by atoms with E-state index < -0.39 is 5.97 Å². The van der Waals surface area contributed by atoms with Crippen molar-refractivity contribution in [1.29, 1.82) is 0 Å². The van der Waals surface area contributed by atoms with Gasteiger partial charge in [0.15, 0.2) is 0 Å². The summed E-state index contributed by atoms with van der Waals surface area (Å²) in [5, 5.41) is 10.7. The molecule has 0 aromatic heterocycles. The average molecular weight is 364 g/mol. The molecule has 0 unspecified atom stereocenters. The summed E-state index contributed by atoms with van der Waals surface area (Å²) in [6, 6.07) is 6.99. The van der Waals surface area contributed by atoms with E-state index in [1.54, 1.807) is 18.2 Å². The van der Waals surface area contributed by atoms with Crippen LogP contribution in [0.4, 0.5) is 0 Å². The Bertz CT molecular complexity index is 374. The van der Waals surface area contributed by atoms with Crippen LogP contribution < -0.4 is 5.32 Å². The summed E-state index contributed by atoms with van der Waals surface area (Å²) in [4.78, 5) is 21.6. The summed E-state index contributed by atoms with van der Waals surface area (Å²) in [5.41, 5.74) is 0.495. The van der Waals surface area contributed by atoms with Crippen molar-refractivity contribution >= 4 is 64.0 Å². The Morgan fingerprint density at radius 3 is 2.24 bits per heavy atom. The van der Waals surface area contributed by atoms with Crippen LogP contribution in [-0.4, -0.2) is 64.0 Å². The van der Waals surface area contributed by atoms with Crippen molar-refractivity contribution in [3.63, 3.8) is 0 Å². The molecule has 1 aromatic rings. The third kappa shape index (κ3) is 7.68. The van der Waals surface area contributed by atoms with Crippen LogP contribution in [0.5, 0.6) is 0 Å². The predicted molar refractivity (Wildman–Crippen MR) is 72.1 cm³/mol. The molecule has 0 heterocycles. The molecule has 0 atom stereocenters. The van der Waals surface area contributed by atoms with Crippen LogP contribution >= 0.6 is 22.6 Å². The molecule has 0 aliphatic heterocycles. The van der Waals surface area contributed by atoms with Crippen LogP contribution in [-0.2, 0) is 4.79 Å². The fourth-order valence-corrected chi connectivity index (χ4v) is 1.53. The molecule has 0 saturated heterocycles. The molecule has 1 rings (SSSR count). The van der Waals surface area contributed by atoms with Crippen molar-refractivity contribution in [1.82, 2.24) is 5.32 Å². The predicted octanol–water partition coefficient (Wildman–Crippen LogP) is -0.925. The topological polar surface area (TPSA) is 129 Å². The van der Waals surface area contributed by atoms with Crippen molar-refractivity contribution in [2.45, 2.75) is 0 Å². The van der Waals surface area contributed by atoms with Crippen LogP contribution in [0.25, 0.3) is 0 Å². The number of benzene rings is 1. The second-order valence-corrected chi connectivity index (χ2v) is 3.72. The largest absolute Gasteiger partial charge is 0.480 e. The minimum absolute atomic E-state index is 0. The summed E-state index contributed by atoms with van der Waals surface area (Å²) in [5.74, 6) is -1.42. The van der Waals surface area contributed by atoms with E-state index in [4.69, 9.17) is 5.11 Å². The van der Waals surface area contributed by atoms with Gasteiger partial charge in [0.2, 0.25) is 0 Å². The summed E-state index contributed by atoms with van der Waals surface area (Å²) in [7, 11) is 0. The number of carbonyl (C=O) groups is 2. The summed E-state index contributed by atoms with van der Waals surface area (Å²) < 4.78 is 0.799. The summed E-state index contributed by atoms with van der Waals surface area (Å²) >= 11 is 2.02. The Labute approximate surface area is 134 Å². The van der Waals surface area contributed by atoms with Gasteiger partial charge in [0.05, 0.1) is 5.56 Å². The molecule has 0 spiro atoms. The number of amides is 1. The van der Waals surface area contributed by atoms with Gasteiger partial charge in [-0.25, -0.2) is 0 Å². The molecule has 1 aromatic carbocycles. The zero-order chi connectivity index (χ0) is 10.6. The molecule has 0 saturated carbocycles. The van der Waals surface area contributed by atoms with Crippen molar-refractivity contribution in [2.75, 3.05) is 6.54 Å². The molecule has 0 aliphatic carbocycles. The van der Waals surface area contributed by atoms with Crippen LogP contribution in [0.15, 0.2) is 24.3 Å². The van der Waals surface area contributed by atoms with E-state index in [9.17, 15) is 9.59 Å². The maximum atomic E-state index is 11.4. The van der Waals surface area contributed by atoms with Gasteiger partial charge in [-0.1, -0.05) is 12.1 Å². The van der Waals surface area contributed by atoms with Gasteiger partial charge in [-0.3, -0.25) is 9.59 Å². The summed E-state index contributed by atoms with van der Waals surface area (Å²) in [6.07, 6.45) is 0. The van der Waals surface area contributed by atoms with Gasteiger partial charge in [-0.05, 0) is 34.7 Å². The second kappa shape index (κ2) is 10.9. The third-order valence-electron chi connectivity index (χ3n) is 1.52. The van der Waals surface area contributed by atoms with Crippen molar-refractivity contribution < 1.29 is 25.6 Å². The number of aliphatic carboxylic acids is 1. The molecule has 17 heavy (non-hydrogen) atoms. The number of halogens is 1. The number of carboxylic acids is 1. The summed E-state index contributed by atoms with van der Waals surface area (Å²) in [6.45, 7) is -0.357. The number of nitrogens with one attached hydrogen (secondary N) is 1. The molecule has 1 amide bonds. The SMILES string of the molecule is O.O.O=C(O)CNC(=O)c1ccccc1I.[Na]. The number of carbonyl (C=O) groups excluding carboxylic acids is 1. The van der Waals surface area contributed by atoms with Crippen LogP contribution in [0.2, 0.25) is 0 Å². The van der Waals surface area contributed by atoms with E-state index in [1.165, 1.54) is 0 Å². The number of rotatable bonds is 3. The van der Waals surface area contributed by atoms with Gasteiger partial charge in [0, 0.05) is 33.1 Å². The standard InChI is InChI=1S/C9H8INO3.Na.2H2O/c10-7-4-2-1-3-6(7)9(14)11-5-8(12)13;;;/h1-4H,5H2,(H,11,14)(H,12,13);;2*1H2. The monoisotopic (exact) mass is 364 g/mol. The maximum Gasteiger partial charge on any atom is 0.322 e. The van der Waals surface area contributed by atoms with Gasteiger partial charge in [0.1, 0.15) is 6.54 Å². The van der Waals surface area contributed by atoms with Crippen LogP contribution in [0.3, 0.4) is 0 Å². The van der Waals surface area contributed by atoms with Crippen LogP contribution in [0.1, 0.15) is 10.4 Å². The first kappa shape index (κ1) is 22.0. The van der Waals surface area contributed by atoms with Crippen LogP contribution in [0, 0.1) is 3.57 Å². The Balaban J connectivity index is -0.000000653. The van der Waals surface area contributed by atoms with Gasteiger partial charge in [-0.2, -0.15) is 0 Å². The smallest absolute Gasteiger partial charge is 0.322 e. The fraction of sp³-hybridized carbons (Fsp3) is 0.111. The first-order valence-corrected chi connectivity index (χ1v) is 4.93. The van der Waals surface area contributed by atoms with E-state index in [0.29, 0.717) is 5.56 Å². The van der Waals surface area contributed by atoms with E-state index in [2.05, 4.69) is 5.32 Å². The number of hydrogen-bond donors (Lipinski definition) is 2. The van der Waals surface area contributed by atoms with Crippen molar-refractivity contribution in [2.24, 2.45) is 0 Å². The van der Waals surface area contributed by atoms with Gasteiger partial charge < -0.3 is 21.4 Å². The Hall–Kier alpha value is -0.190. The van der Waals surface area contributed by atoms with E-state index in [1.807, 2.05) is 28.7 Å². The van der Waals surface area contributed by atoms with Gasteiger partial charge in [-0.15, -0.1) is 0 Å². The number of hydrogen-bond acceptors (Lipinski definition) is 2. The molecule has 6 nitrogen and oxygen atoms in total. The molecule has 0 aliphatic rings. The van der Waals surface area contributed by atoms with E-state index in [0.717, 1.165) is 3.57 Å². The molecule has 0 fully saturated rings. The Morgan fingerprint density at radius 1 is 1.24 bits per heavy atom. The molecule has 6 N–H and O–H groups in total. The molecule has 1 radical (unpaired) electrons.